The average Bonchev–Trinajstić information content (AvgIpc) is 2.36. The summed E-state index contributed by atoms with van der Waals surface area (Å²) >= 11 is 0. The number of nitro benzene ring substituents is 1. The van der Waals surface area contributed by atoms with Crippen molar-refractivity contribution in [3.05, 3.63) is 28.3 Å². The van der Waals surface area contributed by atoms with E-state index in [-0.39, 0.29) is 16.9 Å². The van der Waals surface area contributed by atoms with E-state index in [0.717, 1.165) is 0 Å². The van der Waals surface area contributed by atoms with Crippen LogP contribution in [-0.2, 0) is 10.0 Å². The fourth-order valence-electron chi connectivity index (χ4n) is 1.58. The lowest BCUT2D eigenvalue weighted by Crippen LogP contribution is -2.32. The molecule has 1 aromatic rings. The minimum absolute atomic E-state index is 0.192. The molecule has 0 aliphatic rings. The van der Waals surface area contributed by atoms with Gasteiger partial charge in [-0.3, -0.25) is 10.1 Å². The minimum Gasteiger partial charge on any atom is -0.385 e. The average molecular weight is 315 g/mol. The highest BCUT2D eigenvalue weighted by Gasteiger charge is 2.27. The van der Waals surface area contributed by atoms with Crippen LogP contribution in [0.5, 0.6) is 0 Å². The minimum atomic E-state index is -3.94. The number of anilines is 1. The number of nitrogens with zero attached hydrogens (tertiary/aromatic N) is 1. The van der Waals surface area contributed by atoms with Gasteiger partial charge in [0.1, 0.15) is 0 Å². The first kappa shape index (κ1) is 17.4. The summed E-state index contributed by atoms with van der Waals surface area (Å²) in [7, 11) is -3.94. The zero-order chi connectivity index (χ0) is 16.3. The number of hydrogen-bond donors (Lipinski definition) is 2. The van der Waals surface area contributed by atoms with Crippen LogP contribution in [0.25, 0.3) is 0 Å². The Morgan fingerprint density at radius 2 is 1.90 bits per heavy atom. The van der Waals surface area contributed by atoms with Crippen molar-refractivity contribution in [2.45, 2.75) is 32.6 Å². The zero-order valence-electron chi connectivity index (χ0n) is 12.6. The molecule has 0 aliphatic carbocycles. The molecule has 0 saturated carbocycles. The molecule has 1 aromatic carbocycles. The van der Waals surface area contributed by atoms with Gasteiger partial charge in [-0.15, -0.1) is 0 Å². The van der Waals surface area contributed by atoms with E-state index >= 15 is 0 Å². The van der Waals surface area contributed by atoms with Crippen molar-refractivity contribution in [3.63, 3.8) is 0 Å². The summed E-state index contributed by atoms with van der Waals surface area (Å²) in [5.41, 5.74) is -0.168. The van der Waals surface area contributed by atoms with Gasteiger partial charge >= 0.3 is 0 Å². The largest absolute Gasteiger partial charge is 0.385 e. The maximum absolute atomic E-state index is 12.3. The predicted molar refractivity (Wildman–Crippen MR) is 81.9 cm³/mol. The standard InChI is InChI=1S/C13H21N3O4S/c1-5-14-10-6-7-11(16(17)18)12(8-10)21(19,20)15-9-13(2,3)4/h6-8,14-15H,5,9H2,1-4H3. The Morgan fingerprint density at radius 3 is 2.38 bits per heavy atom. The van der Waals surface area contributed by atoms with Crippen LogP contribution in [0.4, 0.5) is 11.4 Å². The molecule has 0 heterocycles. The number of hydrogen-bond acceptors (Lipinski definition) is 5. The molecule has 2 N–H and O–H groups in total. The molecule has 0 bridgehead atoms. The van der Waals surface area contributed by atoms with E-state index in [9.17, 15) is 18.5 Å². The molecule has 118 valence electrons. The van der Waals surface area contributed by atoms with Crippen LogP contribution in [0.3, 0.4) is 0 Å². The van der Waals surface area contributed by atoms with Gasteiger partial charge in [0.05, 0.1) is 4.92 Å². The first-order valence-electron chi connectivity index (χ1n) is 6.59. The summed E-state index contributed by atoms with van der Waals surface area (Å²) in [5, 5.41) is 14.0. The monoisotopic (exact) mass is 315 g/mol. The Balaban J connectivity index is 3.24. The molecular weight excluding hydrogens is 294 g/mol. The van der Waals surface area contributed by atoms with Gasteiger partial charge in [-0.05, 0) is 24.5 Å². The number of rotatable bonds is 6. The van der Waals surface area contributed by atoms with Crippen LogP contribution in [0, 0.1) is 15.5 Å². The van der Waals surface area contributed by atoms with E-state index in [2.05, 4.69) is 10.0 Å². The van der Waals surface area contributed by atoms with Gasteiger partial charge in [0.15, 0.2) is 4.90 Å². The second-order valence-electron chi connectivity index (χ2n) is 5.86. The lowest BCUT2D eigenvalue weighted by Gasteiger charge is -2.19. The fraction of sp³-hybridized carbons (Fsp3) is 0.538. The van der Waals surface area contributed by atoms with Gasteiger partial charge in [-0.1, -0.05) is 20.8 Å². The van der Waals surface area contributed by atoms with Crippen molar-refractivity contribution >= 4 is 21.4 Å². The van der Waals surface area contributed by atoms with Crippen molar-refractivity contribution in [2.24, 2.45) is 5.41 Å². The maximum Gasteiger partial charge on any atom is 0.289 e. The summed E-state index contributed by atoms with van der Waals surface area (Å²) in [6.45, 7) is 8.26. The summed E-state index contributed by atoms with van der Waals surface area (Å²) in [4.78, 5) is 10.0. The van der Waals surface area contributed by atoms with Crippen molar-refractivity contribution in [2.75, 3.05) is 18.4 Å². The summed E-state index contributed by atoms with van der Waals surface area (Å²) < 4.78 is 27.1. The number of nitro groups is 1. The first-order chi connectivity index (χ1) is 9.57. The van der Waals surface area contributed by atoms with Crippen LogP contribution < -0.4 is 10.0 Å². The molecule has 1 rings (SSSR count). The molecule has 0 radical (unpaired) electrons. The normalized spacial score (nSPS) is 12.2. The van der Waals surface area contributed by atoms with Crippen molar-refractivity contribution in [1.82, 2.24) is 4.72 Å². The van der Waals surface area contributed by atoms with Crippen molar-refractivity contribution in [1.29, 1.82) is 0 Å². The van der Waals surface area contributed by atoms with E-state index < -0.39 is 20.6 Å². The summed E-state index contributed by atoms with van der Waals surface area (Å²) in [6, 6.07) is 3.97. The highest BCUT2D eigenvalue weighted by Crippen LogP contribution is 2.27. The molecular formula is C13H21N3O4S. The van der Waals surface area contributed by atoms with Crippen LogP contribution in [0.2, 0.25) is 0 Å². The van der Waals surface area contributed by atoms with Gasteiger partial charge in [-0.25, -0.2) is 13.1 Å². The van der Waals surface area contributed by atoms with E-state index in [1.165, 1.54) is 18.2 Å². The lowest BCUT2D eigenvalue weighted by atomic mass is 9.98. The third kappa shape index (κ3) is 4.98. The van der Waals surface area contributed by atoms with E-state index in [0.29, 0.717) is 12.2 Å². The van der Waals surface area contributed by atoms with Crippen LogP contribution in [-0.4, -0.2) is 26.4 Å². The molecule has 0 fully saturated rings. The Hall–Kier alpha value is -1.67. The quantitative estimate of drug-likeness (QED) is 0.620. The van der Waals surface area contributed by atoms with Crippen molar-refractivity contribution in [3.8, 4) is 0 Å². The number of benzene rings is 1. The van der Waals surface area contributed by atoms with Crippen molar-refractivity contribution < 1.29 is 13.3 Å². The van der Waals surface area contributed by atoms with Gasteiger partial charge in [0, 0.05) is 24.8 Å². The Bertz CT molecular complexity index is 621. The molecule has 0 spiro atoms. The molecule has 0 atom stereocenters. The third-order valence-corrected chi connectivity index (χ3v) is 4.05. The van der Waals surface area contributed by atoms with Gasteiger partial charge in [-0.2, -0.15) is 0 Å². The molecule has 0 amide bonds. The number of nitrogens with one attached hydrogen (secondary N) is 2. The topological polar surface area (TPSA) is 101 Å². The third-order valence-electron chi connectivity index (χ3n) is 2.62. The number of sulfonamides is 1. The maximum atomic E-state index is 12.3. The smallest absolute Gasteiger partial charge is 0.289 e. The van der Waals surface area contributed by atoms with Crippen LogP contribution >= 0.6 is 0 Å². The lowest BCUT2D eigenvalue weighted by molar-refractivity contribution is -0.387. The SMILES string of the molecule is CCNc1ccc([N+](=O)[O-])c(S(=O)(=O)NCC(C)(C)C)c1. The summed E-state index contributed by atoms with van der Waals surface area (Å²) in [5.74, 6) is 0. The summed E-state index contributed by atoms with van der Waals surface area (Å²) in [6.07, 6.45) is 0. The molecule has 21 heavy (non-hydrogen) atoms. The van der Waals surface area contributed by atoms with Gasteiger partial charge < -0.3 is 5.32 Å². The first-order valence-corrected chi connectivity index (χ1v) is 8.07. The highest BCUT2D eigenvalue weighted by molar-refractivity contribution is 7.89. The van der Waals surface area contributed by atoms with Crippen LogP contribution in [0.1, 0.15) is 27.7 Å². The second-order valence-corrected chi connectivity index (χ2v) is 7.59. The van der Waals surface area contributed by atoms with E-state index in [1.807, 2.05) is 27.7 Å². The Kier molecular flexibility index (Phi) is 5.30. The molecule has 0 unspecified atom stereocenters. The Labute approximate surface area is 124 Å². The molecule has 7 nitrogen and oxygen atoms in total. The predicted octanol–water partition coefficient (Wildman–Crippen LogP) is 2.35. The van der Waals surface area contributed by atoms with E-state index in [1.54, 1.807) is 0 Å². The molecule has 8 heteroatoms. The fourth-order valence-corrected chi connectivity index (χ4v) is 3.06. The Morgan fingerprint density at radius 1 is 1.29 bits per heavy atom. The zero-order valence-corrected chi connectivity index (χ0v) is 13.5. The molecule has 0 saturated heterocycles. The highest BCUT2D eigenvalue weighted by atomic mass is 32.2. The van der Waals surface area contributed by atoms with Crippen LogP contribution in [0.15, 0.2) is 23.1 Å². The van der Waals surface area contributed by atoms with Gasteiger partial charge in [0.25, 0.3) is 5.69 Å². The van der Waals surface area contributed by atoms with Gasteiger partial charge in [0.2, 0.25) is 10.0 Å². The second kappa shape index (κ2) is 6.40. The van der Waals surface area contributed by atoms with E-state index in [4.69, 9.17) is 0 Å². The molecule has 0 aliphatic heterocycles. The molecule has 0 aromatic heterocycles.